The van der Waals surface area contributed by atoms with Gasteiger partial charge in [-0.3, -0.25) is 4.68 Å². The van der Waals surface area contributed by atoms with E-state index in [1.165, 1.54) is 0 Å². The molecule has 20 heavy (non-hydrogen) atoms. The number of ether oxygens (including phenoxy) is 1. The second-order valence-corrected chi connectivity index (χ2v) is 4.83. The minimum absolute atomic E-state index is 0.447. The Labute approximate surface area is 120 Å². The zero-order valence-corrected chi connectivity index (χ0v) is 12.3. The zero-order valence-electron chi connectivity index (χ0n) is 12.3. The number of aliphatic hydroxyl groups is 1. The van der Waals surface area contributed by atoms with Crippen LogP contribution in [0.3, 0.4) is 0 Å². The van der Waals surface area contributed by atoms with Gasteiger partial charge in [-0.15, -0.1) is 0 Å². The average molecular weight is 274 g/mol. The van der Waals surface area contributed by atoms with Gasteiger partial charge < -0.3 is 9.84 Å². The van der Waals surface area contributed by atoms with Crippen LogP contribution in [0.1, 0.15) is 43.8 Å². The van der Waals surface area contributed by atoms with Gasteiger partial charge in [0.05, 0.1) is 17.5 Å². The van der Waals surface area contributed by atoms with E-state index in [4.69, 9.17) is 4.74 Å². The minimum Gasteiger partial charge on any atom is -0.487 e. The maximum Gasteiger partial charge on any atom is 0.130 e. The van der Waals surface area contributed by atoms with E-state index in [9.17, 15) is 5.11 Å². The van der Waals surface area contributed by atoms with Crippen molar-refractivity contribution in [2.75, 3.05) is 0 Å². The second kappa shape index (κ2) is 6.57. The van der Waals surface area contributed by atoms with Gasteiger partial charge in [0.2, 0.25) is 0 Å². The molecule has 1 heterocycles. The summed E-state index contributed by atoms with van der Waals surface area (Å²) in [7, 11) is 0. The van der Waals surface area contributed by atoms with Crippen molar-refractivity contribution in [1.82, 2.24) is 9.78 Å². The van der Waals surface area contributed by atoms with Gasteiger partial charge in [0.15, 0.2) is 0 Å². The molecule has 4 heteroatoms. The normalized spacial score (nSPS) is 12.4. The Bertz CT molecular complexity index is 544. The molecule has 1 N–H and O–H groups in total. The predicted molar refractivity (Wildman–Crippen MR) is 78.7 cm³/mol. The van der Waals surface area contributed by atoms with Crippen molar-refractivity contribution < 1.29 is 9.84 Å². The number of aliphatic hydroxyl groups excluding tert-OH is 1. The lowest BCUT2D eigenvalue weighted by Crippen LogP contribution is -2.06. The Balaban J connectivity index is 2.02. The van der Waals surface area contributed by atoms with Crippen LogP contribution in [0.15, 0.2) is 30.3 Å². The van der Waals surface area contributed by atoms with Gasteiger partial charge >= 0.3 is 0 Å². The monoisotopic (exact) mass is 274 g/mol. The third kappa shape index (κ3) is 3.39. The molecular formula is C16H22N2O2. The average Bonchev–Trinajstić information content (AvgIpc) is 2.88. The molecule has 0 unspecified atom stereocenters. The lowest BCUT2D eigenvalue weighted by Gasteiger charge is -2.09. The summed E-state index contributed by atoms with van der Waals surface area (Å²) in [6.45, 7) is 7.28. The van der Waals surface area contributed by atoms with Crippen molar-refractivity contribution in [2.45, 2.75) is 46.4 Å². The van der Waals surface area contributed by atoms with Crippen LogP contribution < -0.4 is 4.74 Å². The molecule has 0 bridgehead atoms. The molecule has 0 amide bonds. The summed E-state index contributed by atoms with van der Waals surface area (Å²) >= 11 is 0. The van der Waals surface area contributed by atoms with Gasteiger partial charge in [0.1, 0.15) is 12.4 Å². The number of rotatable bonds is 6. The van der Waals surface area contributed by atoms with E-state index in [2.05, 4.69) is 25.0 Å². The molecule has 0 aliphatic heterocycles. The third-order valence-corrected chi connectivity index (χ3v) is 3.32. The largest absolute Gasteiger partial charge is 0.487 e. The molecule has 0 aliphatic rings. The van der Waals surface area contributed by atoms with E-state index in [1.807, 2.05) is 28.9 Å². The van der Waals surface area contributed by atoms with E-state index in [1.54, 1.807) is 6.92 Å². The molecule has 0 fully saturated rings. The molecule has 0 aliphatic carbocycles. The first-order chi connectivity index (χ1) is 9.63. The molecule has 1 atom stereocenters. The van der Waals surface area contributed by atoms with E-state index < -0.39 is 6.10 Å². The summed E-state index contributed by atoms with van der Waals surface area (Å²) in [5.41, 5.74) is 3.07. The quantitative estimate of drug-likeness (QED) is 0.880. The first kappa shape index (κ1) is 14.6. The van der Waals surface area contributed by atoms with Crippen molar-refractivity contribution >= 4 is 0 Å². The predicted octanol–water partition coefficient (Wildman–Crippen LogP) is 3.10. The highest BCUT2D eigenvalue weighted by Gasteiger charge is 2.07. The summed E-state index contributed by atoms with van der Waals surface area (Å²) < 4.78 is 7.76. The van der Waals surface area contributed by atoms with Crippen molar-refractivity contribution in [3.63, 3.8) is 0 Å². The summed E-state index contributed by atoms with van der Waals surface area (Å²) in [5, 5.41) is 14.0. The van der Waals surface area contributed by atoms with Crippen LogP contribution in [-0.2, 0) is 19.6 Å². The van der Waals surface area contributed by atoms with E-state index in [-0.39, 0.29) is 0 Å². The summed E-state index contributed by atoms with van der Waals surface area (Å²) in [4.78, 5) is 0. The van der Waals surface area contributed by atoms with E-state index >= 15 is 0 Å². The zero-order chi connectivity index (χ0) is 14.5. The first-order valence-electron chi connectivity index (χ1n) is 7.10. The molecule has 1 aromatic carbocycles. The Kier molecular flexibility index (Phi) is 4.79. The van der Waals surface area contributed by atoms with E-state index in [0.717, 1.165) is 35.7 Å². The number of hydrogen-bond acceptors (Lipinski definition) is 3. The Hall–Kier alpha value is -1.81. The number of hydrogen-bond donors (Lipinski definition) is 1. The Morgan fingerprint density at radius 3 is 2.50 bits per heavy atom. The molecule has 0 saturated heterocycles. The summed E-state index contributed by atoms with van der Waals surface area (Å²) in [5.74, 6) is 0.802. The molecule has 4 nitrogen and oxygen atoms in total. The smallest absolute Gasteiger partial charge is 0.130 e. The van der Waals surface area contributed by atoms with Gasteiger partial charge in [-0.2, -0.15) is 5.10 Å². The number of benzene rings is 1. The lowest BCUT2D eigenvalue weighted by atomic mass is 10.1. The highest BCUT2D eigenvalue weighted by atomic mass is 16.5. The van der Waals surface area contributed by atoms with Crippen molar-refractivity contribution in [2.24, 2.45) is 0 Å². The van der Waals surface area contributed by atoms with E-state index in [0.29, 0.717) is 6.61 Å². The van der Waals surface area contributed by atoms with Crippen molar-refractivity contribution in [3.8, 4) is 5.75 Å². The Morgan fingerprint density at radius 2 is 1.95 bits per heavy atom. The van der Waals surface area contributed by atoms with Gasteiger partial charge in [-0.05, 0) is 44.0 Å². The molecular weight excluding hydrogens is 252 g/mol. The molecule has 0 saturated carbocycles. The van der Waals surface area contributed by atoms with Gasteiger partial charge in [0, 0.05) is 6.54 Å². The topological polar surface area (TPSA) is 47.3 Å². The summed E-state index contributed by atoms with van der Waals surface area (Å²) in [6.07, 6.45) is 0.487. The van der Waals surface area contributed by atoms with Crippen LogP contribution >= 0.6 is 0 Å². The van der Waals surface area contributed by atoms with Crippen LogP contribution in [-0.4, -0.2) is 14.9 Å². The maximum absolute atomic E-state index is 9.47. The highest BCUT2D eigenvalue weighted by Crippen LogP contribution is 2.18. The van der Waals surface area contributed by atoms with Crippen LogP contribution in [0.4, 0.5) is 0 Å². The van der Waals surface area contributed by atoms with Crippen LogP contribution in [0, 0.1) is 0 Å². The number of aryl methyl sites for hydroxylation is 2. The molecule has 0 radical (unpaired) electrons. The second-order valence-electron chi connectivity index (χ2n) is 4.83. The fourth-order valence-electron chi connectivity index (χ4n) is 2.08. The van der Waals surface area contributed by atoms with Crippen molar-refractivity contribution in [3.05, 3.63) is 47.3 Å². The minimum atomic E-state index is -0.447. The standard InChI is InChI=1S/C16H22N2O2/c1-4-14-10-15(18(5-2)17-14)11-20-16-8-6-13(7-9-16)12(3)19/h6-10,12,19H,4-5,11H2,1-3H3/t12-/m0/s1. The first-order valence-corrected chi connectivity index (χ1v) is 7.10. The van der Waals surface area contributed by atoms with Gasteiger partial charge in [0.25, 0.3) is 0 Å². The molecule has 0 spiro atoms. The molecule has 2 rings (SSSR count). The number of aromatic nitrogens is 2. The summed E-state index contributed by atoms with van der Waals surface area (Å²) in [6, 6.07) is 9.63. The maximum atomic E-state index is 9.47. The highest BCUT2D eigenvalue weighted by molar-refractivity contribution is 5.28. The van der Waals surface area contributed by atoms with Gasteiger partial charge in [-0.1, -0.05) is 19.1 Å². The van der Waals surface area contributed by atoms with Gasteiger partial charge in [-0.25, -0.2) is 0 Å². The van der Waals surface area contributed by atoms with Crippen LogP contribution in [0.2, 0.25) is 0 Å². The van der Waals surface area contributed by atoms with Crippen LogP contribution in [0.5, 0.6) is 5.75 Å². The third-order valence-electron chi connectivity index (χ3n) is 3.32. The van der Waals surface area contributed by atoms with Crippen molar-refractivity contribution in [1.29, 1.82) is 0 Å². The molecule has 2 aromatic rings. The fraction of sp³-hybridized carbons (Fsp3) is 0.438. The molecule has 1 aromatic heterocycles. The van der Waals surface area contributed by atoms with Crippen LogP contribution in [0.25, 0.3) is 0 Å². The number of nitrogens with zero attached hydrogens (tertiary/aromatic N) is 2. The fourth-order valence-corrected chi connectivity index (χ4v) is 2.08. The lowest BCUT2D eigenvalue weighted by molar-refractivity contribution is 0.199. The Morgan fingerprint density at radius 1 is 1.25 bits per heavy atom. The molecule has 108 valence electrons. The SMILES string of the molecule is CCc1cc(COc2ccc([C@H](C)O)cc2)n(CC)n1.